The molecule has 1 aliphatic heterocycles. The number of hydrogen-bond acceptors (Lipinski definition) is 3. The van der Waals surface area contributed by atoms with Gasteiger partial charge in [-0.15, -0.1) is 0 Å². The van der Waals surface area contributed by atoms with Crippen LogP contribution in [-0.2, 0) is 4.74 Å². The lowest BCUT2D eigenvalue weighted by Crippen LogP contribution is -2.43. The summed E-state index contributed by atoms with van der Waals surface area (Å²) < 4.78 is 5.72. The van der Waals surface area contributed by atoms with E-state index >= 15 is 0 Å². The van der Waals surface area contributed by atoms with Crippen LogP contribution in [0.2, 0.25) is 0 Å². The topological polar surface area (TPSA) is 38.5 Å². The zero-order valence-corrected chi connectivity index (χ0v) is 11.0. The third-order valence-electron chi connectivity index (χ3n) is 3.41. The van der Waals surface area contributed by atoms with E-state index in [1.165, 1.54) is 32.2 Å². The highest BCUT2D eigenvalue weighted by molar-refractivity contribution is 4.76. The van der Waals surface area contributed by atoms with E-state index in [-0.39, 0.29) is 0 Å². The van der Waals surface area contributed by atoms with Crippen LogP contribution < -0.4 is 5.73 Å². The van der Waals surface area contributed by atoms with E-state index in [1.54, 1.807) is 0 Å². The first kappa shape index (κ1) is 13.9. The Morgan fingerprint density at radius 3 is 2.88 bits per heavy atom. The van der Waals surface area contributed by atoms with E-state index in [0.717, 1.165) is 26.2 Å². The number of ether oxygens (including phenoxy) is 1. The van der Waals surface area contributed by atoms with Crippen molar-refractivity contribution in [1.29, 1.82) is 0 Å². The number of nitrogens with two attached hydrogens (primary N) is 1. The van der Waals surface area contributed by atoms with Crippen molar-refractivity contribution in [1.82, 2.24) is 4.90 Å². The third-order valence-corrected chi connectivity index (χ3v) is 3.41. The molecule has 2 unspecified atom stereocenters. The summed E-state index contributed by atoms with van der Waals surface area (Å²) in [5, 5.41) is 0. The van der Waals surface area contributed by atoms with Crippen molar-refractivity contribution in [2.24, 2.45) is 11.7 Å². The molecule has 1 fully saturated rings. The SMILES string of the molecule is CCCC(CN)CN1CCCC(OCC)C1. The number of rotatable bonds is 7. The molecule has 0 amide bonds. The van der Waals surface area contributed by atoms with Crippen LogP contribution in [0.4, 0.5) is 0 Å². The molecule has 0 spiro atoms. The molecule has 0 aliphatic carbocycles. The lowest BCUT2D eigenvalue weighted by molar-refractivity contribution is 0.00180. The van der Waals surface area contributed by atoms with Gasteiger partial charge in [-0.05, 0) is 45.2 Å². The Kier molecular flexibility index (Phi) is 7.01. The maximum absolute atomic E-state index is 5.81. The molecule has 0 aromatic heterocycles. The molecule has 16 heavy (non-hydrogen) atoms. The van der Waals surface area contributed by atoms with Crippen LogP contribution in [0, 0.1) is 5.92 Å². The van der Waals surface area contributed by atoms with Crippen molar-refractivity contribution in [3.05, 3.63) is 0 Å². The molecule has 0 radical (unpaired) electrons. The van der Waals surface area contributed by atoms with Gasteiger partial charge >= 0.3 is 0 Å². The minimum absolute atomic E-state index is 0.457. The molecular formula is C13H28N2O. The minimum Gasteiger partial charge on any atom is -0.377 e. The number of nitrogens with zero attached hydrogens (tertiary/aromatic N) is 1. The summed E-state index contributed by atoms with van der Waals surface area (Å²) in [6.45, 7) is 9.48. The van der Waals surface area contributed by atoms with Gasteiger partial charge in [-0.3, -0.25) is 0 Å². The van der Waals surface area contributed by atoms with Crippen LogP contribution in [0.3, 0.4) is 0 Å². The van der Waals surface area contributed by atoms with Gasteiger partial charge in [0.2, 0.25) is 0 Å². The lowest BCUT2D eigenvalue weighted by atomic mass is 10.0. The number of piperidine rings is 1. The van der Waals surface area contributed by atoms with E-state index in [2.05, 4.69) is 18.7 Å². The van der Waals surface area contributed by atoms with Crippen LogP contribution in [0.15, 0.2) is 0 Å². The van der Waals surface area contributed by atoms with Gasteiger partial charge in [0.1, 0.15) is 0 Å². The quantitative estimate of drug-likeness (QED) is 0.723. The highest BCUT2D eigenvalue weighted by Crippen LogP contribution is 2.16. The van der Waals surface area contributed by atoms with E-state index in [1.807, 2.05) is 0 Å². The summed E-state index contributed by atoms with van der Waals surface area (Å²) in [4.78, 5) is 2.54. The van der Waals surface area contributed by atoms with E-state index in [9.17, 15) is 0 Å². The van der Waals surface area contributed by atoms with Crippen LogP contribution in [0.1, 0.15) is 39.5 Å². The summed E-state index contributed by atoms with van der Waals surface area (Å²) in [7, 11) is 0. The molecule has 0 aromatic rings. The monoisotopic (exact) mass is 228 g/mol. The molecule has 2 atom stereocenters. The highest BCUT2D eigenvalue weighted by atomic mass is 16.5. The average Bonchev–Trinajstić information content (AvgIpc) is 2.29. The Balaban J connectivity index is 2.29. The Labute approximate surface area is 100 Å². The molecule has 0 aromatic carbocycles. The van der Waals surface area contributed by atoms with Crippen molar-refractivity contribution in [3.63, 3.8) is 0 Å². The fraction of sp³-hybridized carbons (Fsp3) is 1.00. The standard InChI is InChI=1S/C13H28N2O/c1-3-6-12(9-14)10-15-8-5-7-13(11-15)16-4-2/h12-13H,3-11,14H2,1-2H3. The summed E-state index contributed by atoms with van der Waals surface area (Å²) in [6.07, 6.45) is 5.45. The molecule has 3 nitrogen and oxygen atoms in total. The van der Waals surface area contributed by atoms with E-state index in [4.69, 9.17) is 10.5 Å². The average molecular weight is 228 g/mol. The van der Waals surface area contributed by atoms with Crippen LogP contribution in [-0.4, -0.2) is 43.8 Å². The van der Waals surface area contributed by atoms with Crippen LogP contribution in [0.25, 0.3) is 0 Å². The van der Waals surface area contributed by atoms with Crippen molar-refractivity contribution in [3.8, 4) is 0 Å². The highest BCUT2D eigenvalue weighted by Gasteiger charge is 2.21. The van der Waals surface area contributed by atoms with Gasteiger partial charge in [0.15, 0.2) is 0 Å². The fourth-order valence-corrected chi connectivity index (χ4v) is 2.61. The van der Waals surface area contributed by atoms with Gasteiger partial charge in [0, 0.05) is 19.7 Å². The first-order chi connectivity index (χ1) is 7.80. The Morgan fingerprint density at radius 2 is 2.25 bits per heavy atom. The Hall–Kier alpha value is -0.120. The van der Waals surface area contributed by atoms with E-state index in [0.29, 0.717) is 12.0 Å². The largest absolute Gasteiger partial charge is 0.377 e. The van der Waals surface area contributed by atoms with Gasteiger partial charge in [-0.2, -0.15) is 0 Å². The molecule has 2 N–H and O–H groups in total. The molecule has 1 heterocycles. The predicted octanol–water partition coefficient (Wildman–Crippen LogP) is 1.86. The molecule has 0 saturated carbocycles. The minimum atomic E-state index is 0.457. The summed E-state index contributed by atoms with van der Waals surface area (Å²) >= 11 is 0. The summed E-state index contributed by atoms with van der Waals surface area (Å²) in [5.74, 6) is 0.672. The smallest absolute Gasteiger partial charge is 0.0702 e. The predicted molar refractivity (Wildman–Crippen MR) is 68.5 cm³/mol. The molecule has 96 valence electrons. The van der Waals surface area contributed by atoms with Gasteiger partial charge < -0.3 is 15.4 Å². The lowest BCUT2D eigenvalue weighted by Gasteiger charge is -2.34. The number of likely N-dealkylation sites (tertiary alicyclic amines) is 1. The summed E-state index contributed by atoms with van der Waals surface area (Å²) in [5.41, 5.74) is 5.81. The normalized spacial score (nSPS) is 24.6. The fourth-order valence-electron chi connectivity index (χ4n) is 2.61. The third kappa shape index (κ3) is 4.81. The zero-order chi connectivity index (χ0) is 11.8. The summed E-state index contributed by atoms with van der Waals surface area (Å²) in [6, 6.07) is 0. The van der Waals surface area contributed by atoms with E-state index < -0.39 is 0 Å². The number of hydrogen-bond donors (Lipinski definition) is 1. The van der Waals surface area contributed by atoms with Crippen molar-refractivity contribution in [2.45, 2.75) is 45.6 Å². The zero-order valence-electron chi connectivity index (χ0n) is 11.0. The molecule has 1 aliphatic rings. The van der Waals surface area contributed by atoms with Gasteiger partial charge in [0.25, 0.3) is 0 Å². The molecule has 1 saturated heterocycles. The van der Waals surface area contributed by atoms with Crippen LogP contribution >= 0.6 is 0 Å². The Morgan fingerprint density at radius 1 is 1.44 bits per heavy atom. The molecule has 3 heteroatoms. The first-order valence-corrected chi connectivity index (χ1v) is 6.84. The van der Waals surface area contributed by atoms with Crippen LogP contribution in [0.5, 0.6) is 0 Å². The maximum Gasteiger partial charge on any atom is 0.0702 e. The second-order valence-electron chi connectivity index (χ2n) is 4.87. The van der Waals surface area contributed by atoms with Gasteiger partial charge in [0.05, 0.1) is 6.10 Å². The molecule has 1 rings (SSSR count). The Bertz CT molecular complexity index is 173. The molecule has 0 bridgehead atoms. The second kappa shape index (κ2) is 8.04. The second-order valence-corrected chi connectivity index (χ2v) is 4.87. The van der Waals surface area contributed by atoms with Crippen molar-refractivity contribution in [2.75, 3.05) is 32.8 Å². The maximum atomic E-state index is 5.81. The van der Waals surface area contributed by atoms with Gasteiger partial charge in [-0.1, -0.05) is 13.3 Å². The van der Waals surface area contributed by atoms with Crippen molar-refractivity contribution < 1.29 is 4.74 Å². The molecular weight excluding hydrogens is 200 g/mol. The van der Waals surface area contributed by atoms with Gasteiger partial charge in [-0.25, -0.2) is 0 Å². The first-order valence-electron chi connectivity index (χ1n) is 6.84. The van der Waals surface area contributed by atoms with Crippen molar-refractivity contribution >= 4 is 0 Å².